The fourth-order valence-corrected chi connectivity index (χ4v) is 4.15. The van der Waals surface area contributed by atoms with Crippen LogP contribution in [-0.4, -0.2) is 6.04 Å². The van der Waals surface area contributed by atoms with Crippen molar-refractivity contribution in [1.82, 2.24) is 0 Å². The van der Waals surface area contributed by atoms with Gasteiger partial charge in [-0.2, -0.15) is 0 Å². The van der Waals surface area contributed by atoms with Gasteiger partial charge in [-0.25, -0.2) is 0 Å². The van der Waals surface area contributed by atoms with E-state index < -0.39 is 0 Å². The maximum Gasteiger partial charge on any atom is 0.0483 e. The molecule has 0 atom stereocenters. The van der Waals surface area contributed by atoms with Gasteiger partial charge in [0.15, 0.2) is 0 Å². The Bertz CT molecular complexity index is 725. The maximum absolute atomic E-state index is 2.60. The molecule has 1 nitrogen and oxygen atoms in total. The third-order valence-corrected chi connectivity index (χ3v) is 5.21. The van der Waals surface area contributed by atoms with Crippen molar-refractivity contribution in [2.45, 2.75) is 72.3 Å². The normalized spacial score (nSPS) is 14.1. The minimum absolute atomic E-state index is 0.447. The topological polar surface area (TPSA) is 3.24 Å². The van der Waals surface area contributed by atoms with Gasteiger partial charge >= 0.3 is 0 Å². The molecule has 1 heteroatoms. The summed E-state index contributed by atoms with van der Waals surface area (Å²) in [7, 11) is 0. The molecule has 0 radical (unpaired) electrons. The summed E-state index contributed by atoms with van der Waals surface area (Å²) in [5.74, 6) is 1.09. The van der Waals surface area contributed by atoms with Crippen LogP contribution in [0.5, 0.6) is 0 Å². The summed E-state index contributed by atoms with van der Waals surface area (Å²) in [6, 6.07) is 14.2. The lowest BCUT2D eigenvalue weighted by Gasteiger charge is -2.35. The highest BCUT2D eigenvalue weighted by Crippen LogP contribution is 2.44. The first-order chi connectivity index (χ1) is 11.4. The number of rotatable bonds is 3. The summed E-state index contributed by atoms with van der Waals surface area (Å²) in [4.78, 5) is 2.60. The van der Waals surface area contributed by atoms with Gasteiger partial charge in [-0.15, -0.1) is 0 Å². The Hall–Kier alpha value is -1.76. The van der Waals surface area contributed by atoms with Gasteiger partial charge in [0, 0.05) is 17.4 Å². The highest BCUT2D eigenvalue weighted by molar-refractivity contribution is 5.76. The van der Waals surface area contributed by atoms with E-state index >= 15 is 0 Å². The second kappa shape index (κ2) is 6.63. The zero-order valence-corrected chi connectivity index (χ0v) is 16.1. The SMILES string of the molecule is CC(C)c1ccc2c(c1C(C)C)N(C(C)C)c1ccccc1CC2. The number of hydrogen-bond acceptors (Lipinski definition) is 1. The maximum atomic E-state index is 2.60. The standard InChI is InChI=1S/C23H31N/c1-15(2)20-14-13-19-12-11-18-9-7-8-10-21(18)24(17(5)6)23(19)22(20)16(3)4/h7-10,13-17H,11-12H2,1-6H3. The quantitative estimate of drug-likeness (QED) is 0.617. The van der Waals surface area contributed by atoms with Crippen LogP contribution in [0.15, 0.2) is 36.4 Å². The molecule has 2 aromatic carbocycles. The molecule has 3 rings (SSSR count). The second-order valence-electron chi connectivity index (χ2n) is 7.98. The molecule has 1 aliphatic heterocycles. The molecule has 0 amide bonds. The van der Waals surface area contributed by atoms with Crippen molar-refractivity contribution in [3.05, 3.63) is 58.7 Å². The molecule has 0 fully saturated rings. The van der Waals surface area contributed by atoms with Crippen molar-refractivity contribution >= 4 is 11.4 Å². The van der Waals surface area contributed by atoms with Crippen LogP contribution in [0.3, 0.4) is 0 Å². The van der Waals surface area contributed by atoms with E-state index in [1.165, 1.54) is 28.1 Å². The van der Waals surface area contributed by atoms with E-state index in [-0.39, 0.29) is 0 Å². The highest BCUT2D eigenvalue weighted by atomic mass is 15.2. The monoisotopic (exact) mass is 321 g/mol. The van der Waals surface area contributed by atoms with Gasteiger partial charge in [0.2, 0.25) is 0 Å². The molecule has 24 heavy (non-hydrogen) atoms. The van der Waals surface area contributed by atoms with Crippen LogP contribution in [0.25, 0.3) is 0 Å². The molecular formula is C23H31N. The van der Waals surface area contributed by atoms with Crippen LogP contribution in [0.4, 0.5) is 11.4 Å². The largest absolute Gasteiger partial charge is 0.338 e. The molecule has 0 spiro atoms. The Labute approximate surface area is 147 Å². The van der Waals surface area contributed by atoms with Gasteiger partial charge < -0.3 is 4.90 Å². The lowest BCUT2D eigenvalue weighted by Crippen LogP contribution is -2.28. The van der Waals surface area contributed by atoms with E-state index in [4.69, 9.17) is 0 Å². The summed E-state index contributed by atoms with van der Waals surface area (Å²) in [6.07, 6.45) is 2.26. The molecule has 0 aliphatic carbocycles. The molecule has 0 aromatic heterocycles. The van der Waals surface area contributed by atoms with Gasteiger partial charge in [0.25, 0.3) is 0 Å². The molecule has 128 valence electrons. The molecule has 0 saturated carbocycles. The van der Waals surface area contributed by atoms with Crippen LogP contribution < -0.4 is 4.90 Å². The van der Waals surface area contributed by atoms with Crippen LogP contribution in [0.1, 0.15) is 75.6 Å². The zero-order valence-electron chi connectivity index (χ0n) is 16.1. The zero-order chi connectivity index (χ0) is 17.4. The van der Waals surface area contributed by atoms with Gasteiger partial charge in [-0.3, -0.25) is 0 Å². The highest BCUT2D eigenvalue weighted by Gasteiger charge is 2.28. The molecule has 0 bridgehead atoms. The Balaban J connectivity index is 2.33. The van der Waals surface area contributed by atoms with Crippen molar-refractivity contribution in [3.8, 4) is 0 Å². The fourth-order valence-electron chi connectivity index (χ4n) is 4.15. The van der Waals surface area contributed by atoms with Gasteiger partial charge in [-0.1, -0.05) is 58.0 Å². The first-order valence-corrected chi connectivity index (χ1v) is 9.44. The number of nitrogens with zero attached hydrogens (tertiary/aromatic N) is 1. The Morgan fingerprint density at radius 2 is 1.42 bits per heavy atom. The van der Waals surface area contributed by atoms with E-state index in [0.29, 0.717) is 17.9 Å². The third-order valence-electron chi connectivity index (χ3n) is 5.21. The second-order valence-corrected chi connectivity index (χ2v) is 7.98. The summed E-state index contributed by atoms with van der Waals surface area (Å²) in [5.41, 5.74) is 8.92. The van der Waals surface area contributed by atoms with Crippen molar-refractivity contribution in [2.24, 2.45) is 0 Å². The van der Waals surface area contributed by atoms with Crippen LogP contribution >= 0.6 is 0 Å². The van der Waals surface area contributed by atoms with E-state index in [9.17, 15) is 0 Å². The van der Waals surface area contributed by atoms with E-state index in [0.717, 1.165) is 12.8 Å². The van der Waals surface area contributed by atoms with Crippen LogP contribution in [0.2, 0.25) is 0 Å². The fraction of sp³-hybridized carbons (Fsp3) is 0.478. The first kappa shape index (κ1) is 17.1. The lowest BCUT2D eigenvalue weighted by atomic mass is 9.86. The van der Waals surface area contributed by atoms with Crippen molar-refractivity contribution in [3.63, 3.8) is 0 Å². The predicted octanol–water partition coefficient (Wildman–Crippen LogP) is 6.58. The van der Waals surface area contributed by atoms with E-state index in [1.807, 2.05) is 0 Å². The number of hydrogen-bond donors (Lipinski definition) is 0. The average Bonchev–Trinajstić information content (AvgIpc) is 2.70. The Morgan fingerprint density at radius 1 is 0.750 bits per heavy atom. The molecule has 2 aromatic rings. The van der Waals surface area contributed by atoms with E-state index in [2.05, 4.69) is 82.8 Å². The van der Waals surface area contributed by atoms with E-state index in [1.54, 1.807) is 5.56 Å². The summed E-state index contributed by atoms with van der Waals surface area (Å²) in [6.45, 7) is 14.0. The van der Waals surface area contributed by atoms with Crippen molar-refractivity contribution in [2.75, 3.05) is 4.90 Å². The molecule has 1 aliphatic rings. The third kappa shape index (κ3) is 2.85. The molecular weight excluding hydrogens is 290 g/mol. The minimum atomic E-state index is 0.447. The number of fused-ring (bicyclic) bond motifs is 2. The predicted molar refractivity (Wildman–Crippen MR) is 106 cm³/mol. The smallest absolute Gasteiger partial charge is 0.0483 e. The number of anilines is 2. The first-order valence-electron chi connectivity index (χ1n) is 9.44. The molecule has 0 N–H and O–H groups in total. The Kier molecular flexibility index (Phi) is 4.71. The van der Waals surface area contributed by atoms with Gasteiger partial charge in [0.05, 0.1) is 0 Å². The van der Waals surface area contributed by atoms with Crippen molar-refractivity contribution < 1.29 is 0 Å². The summed E-state index contributed by atoms with van der Waals surface area (Å²) >= 11 is 0. The Morgan fingerprint density at radius 3 is 2.04 bits per heavy atom. The van der Waals surface area contributed by atoms with Crippen LogP contribution in [-0.2, 0) is 12.8 Å². The lowest BCUT2D eigenvalue weighted by molar-refractivity contribution is 0.749. The summed E-state index contributed by atoms with van der Waals surface area (Å²) in [5, 5.41) is 0. The van der Waals surface area contributed by atoms with Crippen LogP contribution in [0, 0.1) is 0 Å². The van der Waals surface area contributed by atoms with Crippen molar-refractivity contribution in [1.29, 1.82) is 0 Å². The molecule has 0 unspecified atom stereocenters. The number of aryl methyl sites for hydroxylation is 2. The average molecular weight is 322 g/mol. The summed E-state index contributed by atoms with van der Waals surface area (Å²) < 4.78 is 0. The van der Waals surface area contributed by atoms with Gasteiger partial charge in [-0.05, 0) is 66.8 Å². The molecule has 0 saturated heterocycles. The van der Waals surface area contributed by atoms with Gasteiger partial charge in [0.1, 0.15) is 0 Å². The number of benzene rings is 2. The molecule has 1 heterocycles. The minimum Gasteiger partial charge on any atom is -0.338 e. The number of para-hydroxylation sites is 1.